The molecule has 21 heavy (non-hydrogen) atoms. The summed E-state index contributed by atoms with van der Waals surface area (Å²) in [5.74, 6) is 2.09. The molecule has 0 saturated heterocycles. The van der Waals surface area contributed by atoms with Crippen molar-refractivity contribution in [2.24, 2.45) is 7.05 Å². The molecular formula is C14H17ClN6. The number of halogens is 1. The summed E-state index contributed by atoms with van der Waals surface area (Å²) in [6, 6.07) is 1.77. The maximum atomic E-state index is 6.14. The van der Waals surface area contributed by atoms with Crippen molar-refractivity contribution in [1.29, 1.82) is 0 Å². The van der Waals surface area contributed by atoms with E-state index in [2.05, 4.69) is 34.2 Å². The van der Waals surface area contributed by atoms with E-state index in [1.165, 1.54) is 0 Å². The lowest BCUT2D eigenvalue weighted by atomic mass is 10.1. The highest BCUT2D eigenvalue weighted by Gasteiger charge is 2.13. The highest BCUT2D eigenvalue weighted by Crippen LogP contribution is 2.24. The molecule has 6 nitrogen and oxygen atoms in total. The van der Waals surface area contributed by atoms with Crippen molar-refractivity contribution in [3.63, 3.8) is 0 Å². The number of aromatic nitrogens is 5. The molecule has 0 aliphatic rings. The van der Waals surface area contributed by atoms with Crippen molar-refractivity contribution >= 4 is 23.1 Å². The predicted molar refractivity (Wildman–Crippen MR) is 82.6 cm³/mol. The molecule has 3 aromatic heterocycles. The molecule has 0 spiro atoms. The molecule has 0 saturated carbocycles. The van der Waals surface area contributed by atoms with E-state index < -0.39 is 0 Å². The largest absolute Gasteiger partial charge is 0.363 e. The van der Waals surface area contributed by atoms with E-state index in [1.807, 2.05) is 24.0 Å². The number of aryl methyl sites for hydroxylation is 1. The van der Waals surface area contributed by atoms with Gasteiger partial charge in [0.25, 0.3) is 0 Å². The van der Waals surface area contributed by atoms with E-state index in [-0.39, 0.29) is 0 Å². The van der Waals surface area contributed by atoms with E-state index >= 15 is 0 Å². The smallest absolute Gasteiger partial charge is 0.162 e. The topological polar surface area (TPSA) is 60.0 Å². The maximum Gasteiger partial charge on any atom is 0.162 e. The molecular weight excluding hydrogens is 288 g/mol. The van der Waals surface area contributed by atoms with Gasteiger partial charge in [0, 0.05) is 31.1 Å². The van der Waals surface area contributed by atoms with Crippen molar-refractivity contribution in [2.45, 2.75) is 26.3 Å². The van der Waals surface area contributed by atoms with Crippen LogP contribution < -0.4 is 5.32 Å². The van der Waals surface area contributed by atoms with Crippen molar-refractivity contribution in [3.05, 3.63) is 41.2 Å². The summed E-state index contributed by atoms with van der Waals surface area (Å²) in [7, 11) is 1.96. The average Bonchev–Trinajstić information content (AvgIpc) is 3.02. The second kappa shape index (κ2) is 5.37. The molecule has 0 unspecified atom stereocenters. The van der Waals surface area contributed by atoms with Crippen LogP contribution in [0, 0.1) is 0 Å². The molecule has 0 radical (unpaired) electrons. The summed E-state index contributed by atoms with van der Waals surface area (Å²) < 4.78 is 3.75. The maximum absolute atomic E-state index is 6.14. The van der Waals surface area contributed by atoms with Gasteiger partial charge in [-0.2, -0.15) is 9.61 Å². The zero-order valence-electron chi connectivity index (χ0n) is 12.2. The quantitative estimate of drug-likeness (QED) is 0.753. The van der Waals surface area contributed by atoms with Gasteiger partial charge in [-0.05, 0) is 5.92 Å². The van der Waals surface area contributed by atoms with E-state index in [0.29, 0.717) is 17.6 Å². The first-order chi connectivity index (χ1) is 10.1. The van der Waals surface area contributed by atoms with Crippen LogP contribution in [0.15, 0.2) is 24.7 Å². The van der Waals surface area contributed by atoms with E-state index in [4.69, 9.17) is 11.6 Å². The van der Waals surface area contributed by atoms with Gasteiger partial charge in [0.2, 0.25) is 0 Å². The Balaban J connectivity index is 1.96. The summed E-state index contributed by atoms with van der Waals surface area (Å²) in [6.07, 6.45) is 5.53. The second-order valence-corrected chi connectivity index (χ2v) is 5.65. The van der Waals surface area contributed by atoms with Crippen molar-refractivity contribution in [3.8, 4) is 0 Å². The number of hydrogen-bond acceptors (Lipinski definition) is 4. The van der Waals surface area contributed by atoms with Gasteiger partial charge < -0.3 is 9.88 Å². The molecule has 0 bridgehead atoms. The SMILES string of the molecule is CC(C)c1cnn2c(NCc3nccn3C)cc(Cl)nc12. The third kappa shape index (κ3) is 2.58. The fraction of sp³-hybridized carbons (Fsp3) is 0.357. The number of imidazole rings is 1. The summed E-state index contributed by atoms with van der Waals surface area (Å²) in [5.41, 5.74) is 1.87. The first-order valence-corrected chi connectivity index (χ1v) is 7.18. The zero-order chi connectivity index (χ0) is 15.0. The van der Waals surface area contributed by atoms with Gasteiger partial charge >= 0.3 is 0 Å². The van der Waals surface area contributed by atoms with E-state index in [9.17, 15) is 0 Å². The summed E-state index contributed by atoms with van der Waals surface area (Å²) in [5, 5.41) is 8.18. The van der Waals surface area contributed by atoms with Crippen LogP contribution in [0.4, 0.5) is 5.82 Å². The summed E-state index contributed by atoms with van der Waals surface area (Å²) >= 11 is 6.14. The molecule has 7 heteroatoms. The lowest BCUT2D eigenvalue weighted by Crippen LogP contribution is -2.09. The third-order valence-corrected chi connectivity index (χ3v) is 3.63. The van der Waals surface area contributed by atoms with Crippen LogP contribution >= 0.6 is 11.6 Å². The molecule has 3 rings (SSSR count). The highest BCUT2D eigenvalue weighted by atomic mass is 35.5. The molecule has 0 fully saturated rings. The minimum Gasteiger partial charge on any atom is -0.363 e. The minimum absolute atomic E-state index is 0.343. The number of hydrogen-bond donors (Lipinski definition) is 1. The summed E-state index contributed by atoms with van der Waals surface area (Å²) in [6.45, 7) is 4.82. The van der Waals surface area contributed by atoms with Crippen LogP contribution in [-0.2, 0) is 13.6 Å². The van der Waals surface area contributed by atoms with Crippen LogP contribution in [0.25, 0.3) is 5.65 Å². The fourth-order valence-electron chi connectivity index (χ4n) is 2.22. The van der Waals surface area contributed by atoms with Crippen LogP contribution in [0.1, 0.15) is 31.2 Å². The Bertz CT molecular complexity index is 773. The summed E-state index contributed by atoms with van der Waals surface area (Å²) in [4.78, 5) is 8.67. The van der Waals surface area contributed by atoms with Crippen molar-refractivity contribution < 1.29 is 0 Å². The highest BCUT2D eigenvalue weighted by molar-refractivity contribution is 6.29. The third-order valence-electron chi connectivity index (χ3n) is 3.44. The van der Waals surface area contributed by atoms with Crippen LogP contribution in [-0.4, -0.2) is 24.1 Å². The molecule has 0 atom stereocenters. The minimum atomic E-state index is 0.343. The van der Waals surface area contributed by atoms with Gasteiger partial charge in [0.15, 0.2) is 5.65 Å². The molecule has 0 aliphatic heterocycles. The molecule has 0 amide bonds. The zero-order valence-corrected chi connectivity index (χ0v) is 13.0. The molecule has 0 aromatic carbocycles. The van der Waals surface area contributed by atoms with E-state index in [1.54, 1.807) is 16.8 Å². The Morgan fingerprint density at radius 2 is 2.19 bits per heavy atom. The van der Waals surface area contributed by atoms with Gasteiger partial charge in [-0.25, -0.2) is 9.97 Å². The molecule has 0 aliphatic carbocycles. The Kier molecular flexibility index (Phi) is 3.55. The van der Waals surface area contributed by atoms with Gasteiger partial charge in [-0.1, -0.05) is 25.4 Å². The lowest BCUT2D eigenvalue weighted by molar-refractivity contribution is 0.804. The first-order valence-electron chi connectivity index (χ1n) is 6.80. The van der Waals surface area contributed by atoms with Gasteiger partial charge in [-0.3, -0.25) is 0 Å². The van der Waals surface area contributed by atoms with Crippen LogP contribution in [0.5, 0.6) is 0 Å². The Morgan fingerprint density at radius 1 is 1.38 bits per heavy atom. The van der Waals surface area contributed by atoms with Crippen molar-refractivity contribution in [1.82, 2.24) is 24.1 Å². The second-order valence-electron chi connectivity index (χ2n) is 5.26. The Morgan fingerprint density at radius 3 is 2.86 bits per heavy atom. The lowest BCUT2D eigenvalue weighted by Gasteiger charge is -2.09. The molecule has 3 aromatic rings. The number of anilines is 1. The normalized spacial score (nSPS) is 11.5. The standard InChI is InChI=1S/C14H17ClN6/c1-9(2)10-7-18-21-12(6-11(15)19-14(10)21)17-8-13-16-4-5-20(13)3/h4-7,9,17H,8H2,1-3H3. The average molecular weight is 305 g/mol. The number of rotatable bonds is 4. The van der Waals surface area contributed by atoms with Crippen LogP contribution in [0.2, 0.25) is 5.15 Å². The van der Waals surface area contributed by atoms with E-state index in [0.717, 1.165) is 22.9 Å². The van der Waals surface area contributed by atoms with Gasteiger partial charge in [0.1, 0.15) is 16.8 Å². The van der Waals surface area contributed by atoms with Crippen molar-refractivity contribution in [2.75, 3.05) is 5.32 Å². The van der Waals surface area contributed by atoms with Crippen LogP contribution in [0.3, 0.4) is 0 Å². The molecule has 3 heterocycles. The Hall–Kier alpha value is -2.08. The monoisotopic (exact) mass is 304 g/mol. The first kappa shape index (κ1) is 13.9. The van der Waals surface area contributed by atoms with Gasteiger partial charge in [-0.15, -0.1) is 0 Å². The molecule has 110 valence electrons. The fourth-order valence-corrected chi connectivity index (χ4v) is 2.40. The molecule has 1 N–H and O–H groups in total. The number of nitrogens with one attached hydrogen (secondary N) is 1. The van der Waals surface area contributed by atoms with Gasteiger partial charge in [0.05, 0.1) is 12.7 Å². The Labute approximate surface area is 127 Å². The number of fused-ring (bicyclic) bond motifs is 1. The number of nitrogens with zero attached hydrogens (tertiary/aromatic N) is 5. The predicted octanol–water partition coefficient (Wildman–Crippen LogP) is 2.85.